The van der Waals surface area contributed by atoms with Crippen molar-refractivity contribution >= 4 is 17.6 Å². The summed E-state index contributed by atoms with van der Waals surface area (Å²) < 4.78 is 16.2. The third-order valence-electron chi connectivity index (χ3n) is 5.12. The van der Waals surface area contributed by atoms with E-state index in [2.05, 4.69) is 20.9 Å². The number of guanidine groups is 1. The second kappa shape index (κ2) is 12.0. The van der Waals surface area contributed by atoms with Crippen molar-refractivity contribution in [2.45, 2.75) is 39.0 Å². The molecule has 2 aromatic rings. The minimum absolute atomic E-state index is 0.0911. The SMILES string of the molecule is CCNC(=NCc1cccc(NC(=O)C2CCCO2)c1)NCc1ccc(OC)cc1OC. The van der Waals surface area contributed by atoms with Crippen molar-refractivity contribution in [3.8, 4) is 11.5 Å². The molecule has 1 aliphatic rings. The van der Waals surface area contributed by atoms with Crippen LogP contribution in [0.4, 0.5) is 5.69 Å². The van der Waals surface area contributed by atoms with Crippen molar-refractivity contribution in [3.63, 3.8) is 0 Å². The maximum atomic E-state index is 12.3. The Morgan fingerprint density at radius 2 is 2.03 bits per heavy atom. The predicted octanol–water partition coefficient (Wildman–Crippen LogP) is 3.08. The average molecular weight is 441 g/mol. The molecule has 1 saturated heterocycles. The summed E-state index contributed by atoms with van der Waals surface area (Å²) in [5.41, 5.74) is 2.74. The van der Waals surface area contributed by atoms with Gasteiger partial charge in [0.05, 0.1) is 20.8 Å². The fourth-order valence-electron chi connectivity index (χ4n) is 3.44. The van der Waals surface area contributed by atoms with Gasteiger partial charge in [-0.25, -0.2) is 4.99 Å². The third kappa shape index (κ3) is 6.62. The number of benzene rings is 2. The van der Waals surface area contributed by atoms with E-state index in [4.69, 9.17) is 14.2 Å². The van der Waals surface area contributed by atoms with Gasteiger partial charge in [0.2, 0.25) is 0 Å². The largest absolute Gasteiger partial charge is 0.497 e. The molecule has 1 atom stereocenters. The molecule has 2 aromatic carbocycles. The van der Waals surface area contributed by atoms with Gasteiger partial charge in [-0.2, -0.15) is 0 Å². The van der Waals surface area contributed by atoms with E-state index < -0.39 is 0 Å². The molecule has 8 heteroatoms. The molecule has 172 valence electrons. The zero-order valence-electron chi connectivity index (χ0n) is 18.9. The van der Waals surface area contributed by atoms with Gasteiger partial charge in [-0.15, -0.1) is 0 Å². The van der Waals surface area contributed by atoms with Gasteiger partial charge in [0.25, 0.3) is 5.91 Å². The van der Waals surface area contributed by atoms with Gasteiger partial charge in [0, 0.05) is 37.0 Å². The second-order valence-electron chi connectivity index (χ2n) is 7.42. The highest BCUT2D eigenvalue weighted by atomic mass is 16.5. The van der Waals surface area contributed by atoms with Gasteiger partial charge in [-0.1, -0.05) is 12.1 Å². The highest BCUT2D eigenvalue weighted by molar-refractivity contribution is 5.94. The second-order valence-corrected chi connectivity index (χ2v) is 7.42. The molecule has 1 amide bonds. The highest BCUT2D eigenvalue weighted by Crippen LogP contribution is 2.24. The van der Waals surface area contributed by atoms with Crippen molar-refractivity contribution in [3.05, 3.63) is 53.6 Å². The van der Waals surface area contributed by atoms with Crippen LogP contribution >= 0.6 is 0 Å². The van der Waals surface area contributed by atoms with Crippen LogP contribution in [0, 0.1) is 0 Å². The lowest BCUT2D eigenvalue weighted by atomic mass is 10.2. The molecule has 0 spiro atoms. The van der Waals surface area contributed by atoms with Crippen LogP contribution in [-0.2, 0) is 22.6 Å². The molecule has 1 aliphatic heterocycles. The van der Waals surface area contributed by atoms with E-state index in [1.807, 2.05) is 49.4 Å². The molecule has 0 bridgehead atoms. The number of methoxy groups -OCH3 is 2. The number of ether oxygens (including phenoxy) is 3. The first-order valence-corrected chi connectivity index (χ1v) is 10.9. The summed E-state index contributed by atoms with van der Waals surface area (Å²) in [5, 5.41) is 9.53. The number of nitrogens with one attached hydrogen (secondary N) is 3. The van der Waals surface area contributed by atoms with Crippen molar-refractivity contribution in [2.75, 3.05) is 32.7 Å². The molecule has 0 saturated carbocycles. The van der Waals surface area contributed by atoms with Crippen LogP contribution in [0.5, 0.6) is 11.5 Å². The summed E-state index contributed by atoms with van der Waals surface area (Å²) in [5.74, 6) is 2.10. The summed E-state index contributed by atoms with van der Waals surface area (Å²) in [4.78, 5) is 17.0. The minimum atomic E-state index is -0.351. The smallest absolute Gasteiger partial charge is 0.253 e. The monoisotopic (exact) mass is 440 g/mol. The van der Waals surface area contributed by atoms with E-state index in [1.54, 1.807) is 14.2 Å². The molecular weight excluding hydrogens is 408 g/mol. The molecule has 32 heavy (non-hydrogen) atoms. The van der Waals surface area contributed by atoms with Crippen molar-refractivity contribution in [2.24, 2.45) is 4.99 Å². The van der Waals surface area contributed by atoms with Gasteiger partial charge in [0.1, 0.15) is 17.6 Å². The molecule has 1 heterocycles. The highest BCUT2D eigenvalue weighted by Gasteiger charge is 2.23. The predicted molar refractivity (Wildman–Crippen MR) is 125 cm³/mol. The fourth-order valence-corrected chi connectivity index (χ4v) is 3.44. The van der Waals surface area contributed by atoms with Crippen molar-refractivity contribution in [1.82, 2.24) is 10.6 Å². The van der Waals surface area contributed by atoms with Crippen molar-refractivity contribution < 1.29 is 19.0 Å². The van der Waals surface area contributed by atoms with E-state index >= 15 is 0 Å². The molecule has 0 aromatic heterocycles. The van der Waals surface area contributed by atoms with Crippen LogP contribution in [0.15, 0.2) is 47.5 Å². The molecule has 3 rings (SSSR count). The number of hydrogen-bond donors (Lipinski definition) is 3. The molecule has 8 nitrogen and oxygen atoms in total. The average Bonchev–Trinajstić information content (AvgIpc) is 3.36. The number of nitrogens with zero attached hydrogens (tertiary/aromatic N) is 1. The Balaban J connectivity index is 1.61. The molecule has 3 N–H and O–H groups in total. The first-order chi connectivity index (χ1) is 15.6. The van der Waals surface area contributed by atoms with Gasteiger partial charge in [0.15, 0.2) is 5.96 Å². The maximum Gasteiger partial charge on any atom is 0.253 e. The zero-order valence-corrected chi connectivity index (χ0v) is 18.9. The lowest BCUT2D eigenvalue weighted by molar-refractivity contribution is -0.124. The molecule has 0 radical (unpaired) electrons. The number of amides is 1. The van der Waals surface area contributed by atoms with Crippen LogP contribution in [0.2, 0.25) is 0 Å². The van der Waals surface area contributed by atoms with E-state index in [9.17, 15) is 4.79 Å². The molecular formula is C24H32N4O4. The number of carbonyl (C=O) groups is 1. The van der Waals surface area contributed by atoms with Gasteiger partial charge < -0.3 is 30.2 Å². The van der Waals surface area contributed by atoms with E-state index in [0.29, 0.717) is 25.7 Å². The summed E-state index contributed by atoms with van der Waals surface area (Å²) in [6.07, 6.45) is 1.35. The lowest BCUT2D eigenvalue weighted by Gasteiger charge is -2.14. The first kappa shape index (κ1) is 23.4. The summed E-state index contributed by atoms with van der Waals surface area (Å²) in [6.45, 7) is 4.43. The van der Waals surface area contributed by atoms with Crippen LogP contribution < -0.4 is 25.4 Å². The standard InChI is InChI=1S/C24H32N4O4/c1-4-25-24(27-16-18-10-11-20(30-2)14-22(18)31-3)26-15-17-7-5-8-19(13-17)28-23(29)21-9-6-12-32-21/h5,7-8,10-11,13-14,21H,4,6,9,12,15-16H2,1-3H3,(H,28,29)(H2,25,26,27). The third-order valence-corrected chi connectivity index (χ3v) is 5.12. The Bertz CT molecular complexity index is 926. The Hall–Kier alpha value is -3.26. The Labute approximate surface area is 189 Å². The summed E-state index contributed by atoms with van der Waals surface area (Å²) >= 11 is 0. The van der Waals surface area contributed by atoms with E-state index in [1.165, 1.54) is 0 Å². The van der Waals surface area contributed by atoms with Crippen LogP contribution in [-0.4, -0.2) is 45.3 Å². The number of anilines is 1. The van der Waals surface area contributed by atoms with Crippen LogP contribution in [0.3, 0.4) is 0 Å². The number of rotatable bonds is 9. The summed E-state index contributed by atoms with van der Waals surface area (Å²) in [7, 11) is 3.27. The van der Waals surface area contributed by atoms with Crippen LogP contribution in [0.1, 0.15) is 30.9 Å². The molecule has 0 aliphatic carbocycles. The van der Waals surface area contributed by atoms with E-state index in [0.717, 1.165) is 47.7 Å². The topological polar surface area (TPSA) is 93.2 Å². The number of carbonyl (C=O) groups excluding carboxylic acids is 1. The normalized spacial score (nSPS) is 15.8. The van der Waals surface area contributed by atoms with Crippen LogP contribution in [0.25, 0.3) is 0 Å². The minimum Gasteiger partial charge on any atom is -0.497 e. The Morgan fingerprint density at radius 1 is 1.16 bits per heavy atom. The van der Waals surface area contributed by atoms with Gasteiger partial charge >= 0.3 is 0 Å². The van der Waals surface area contributed by atoms with Crippen molar-refractivity contribution in [1.29, 1.82) is 0 Å². The fraction of sp³-hybridized carbons (Fsp3) is 0.417. The first-order valence-electron chi connectivity index (χ1n) is 10.9. The molecule has 1 unspecified atom stereocenters. The van der Waals surface area contributed by atoms with Gasteiger partial charge in [-0.05, 0) is 49.6 Å². The zero-order chi connectivity index (χ0) is 22.8. The Kier molecular flexibility index (Phi) is 8.74. The number of aliphatic imine (C=N–C) groups is 1. The van der Waals surface area contributed by atoms with E-state index in [-0.39, 0.29) is 12.0 Å². The Morgan fingerprint density at radius 3 is 2.75 bits per heavy atom. The number of hydrogen-bond acceptors (Lipinski definition) is 5. The lowest BCUT2D eigenvalue weighted by Crippen LogP contribution is -2.36. The quantitative estimate of drug-likeness (QED) is 0.410. The maximum absolute atomic E-state index is 12.3. The van der Waals surface area contributed by atoms with Gasteiger partial charge in [-0.3, -0.25) is 4.79 Å². The summed E-state index contributed by atoms with van der Waals surface area (Å²) in [6, 6.07) is 13.4. The molecule has 1 fully saturated rings.